The highest BCUT2D eigenvalue weighted by atomic mass is 35.5. The molecule has 1 unspecified atom stereocenters. The van der Waals surface area contributed by atoms with Gasteiger partial charge in [-0.25, -0.2) is 0 Å². The van der Waals surface area contributed by atoms with Crippen molar-refractivity contribution >= 4 is 23.2 Å². The maximum absolute atomic E-state index is 5.83. The molecule has 0 fully saturated rings. The minimum absolute atomic E-state index is 0.179. The van der Waals surface area contributed by atoms with E-state index in [1.54, 1.807) is 0 Å². The van der Waals surface area contributed by atoms with Crippen LogP contribution < -0.4 is 0 Å². The molecule has 0 amide bonds. The third kappa shape index (κ3) is 11.0. The molecular formula is C12H24Cl2O2. The first-order valence-electron chi connectivity index (χ1n) is 6.16. The van der Waals surface area contributed by atoms with Crippen LogP contribution in [0.15, 0.2) is 0 Å². The van der Waals surface area contributed by atoms with E-state index in [1.807, 2.05) is 0 Å². The standard InChI is InChI=1S/C12H24Cl2O2/c1-2-3-4-5-6-12(11-14)16-10-9-15-8-7-13/h12H,2-11H2,1H3. The van der Waals surface area contributed by atoms with Crippen molar-refractivity contribution in [1.82, 2.24) is 0 Å². The molecule has 0 aliphatic carbocycles. The molecule has 0 aromatic heterocycles. The SMILES string of the molecule is CCCCCCC(CCl)OCCOCCCl. The molecule has 2 nitrogen and oxygen atoms in total. The van der Waals surface area contributed by atoms with E-state index < -0.39 is 0 Å². The van der Waals surface area contributed by atoms with Gasteiger partial charge in [-0.05, 0) is 6.42 Å². The van der Waals surface area contributed by atoms with Crippen molar-refractivity contribution in [2.24, 2.45) is 0 Å². The molecular weight excluding hydrogens is 247 g/mol. The van der Waals surface area contributed by atoms with Crippen LogP contribution in [0, 0.1) is 0 Å². The number of alkyl halides is 2. The average molecular weight is 271 g/mol. The average Bonchev–Trinajstić information content (AvgIpc) is 2.31. The number of rotatable bonds is 12. The van der Waals surface area contributed by atoms with Gasteiger partial charge in [-0.2, -0.15) is 0 Å². The number of hydrogen-bond donors (Lipinski definition) is 0. The first-order valence-corrected chi connectivity index (χ1v) is 7.23. The summed E-state index contributed by atoms with van der Waals surface area (Å²) in [6, 6.07) is 0. The van der Waals surface area contributed by atoms with Crippen molar-refractivity contribution in [3.63, 3.8) is 0 Å². The van der Waals surface area contributed by atoms with Gasteiger partial charge in [0, 0.05) is 11.8 Å². The molecule has 0 radical (unpaired) electrons. The second-order valence-corrected chi connectivity index (χ2v) is 4.48. The van der Waals surface area contributed by atoms with Gasteiger partial charge in [0.05, 0.1) is 25.9 Å². The van der Waals surface area contributed by atoms with Gasteiger partial charge >= 0.3 is 0 Å². The maximum atomic E-state index is 5.83. The van der Waals surface area contributed by atoms with Crippen LogP contribution in [-0.2, 0) is 9.47 Å². The summed E-state index contributed by atoms with van der Waals surface area (Å²) in [4.78, 5) is 0. The molecule has 0 saturated heterocycles. The fourth-order valence-corrected chi connectivity index (χ4v) is 1.79. The first kappa shape index (κ1) is 16.5. The van der Waals surface area contributed by atoms with Crippen molar-refractivity contribution in [1.29, 1.82) is 0 Å². The molecule has 98 valence electrons. The van der Waals surface area contributed by atoms with E-state index in [-0.39, 0.29) is 6.10 Å². The Morgan fingerprint density at radius 2 is 1.81 bits per heavy atom. The molecule has 0 aliphatic heterocycles. The molecule has 0 rings (SSSR count). The summed E-state index contributed by atoms with van der Waals surface area (Å²) in [5, 5.41) is 0. The Morgan fingerprint density at radius 1 is 1.00 bits per heavy atom. The van der Waals surface area contributed by atoms with Crippen LogP contribution in [0.5, 0.6) is 0 Å². The van der Waals surface area contributed by atoms with E-state index in [9.17, 15) is 0 Å². The molecule has 0 N–H and O–H groups in total. The van der Waals surface area contributed by atoms with E-state index in [0.717, 1.165) is 6.42 Å². The predicted molar refractivity (Wildman–Crippen MR) is 70.8 cm³/mol. The number of hydrogen-bond acceptors (Lipinski definition) is 2. The van der Waals surface area contributed by atoms with E-state index in [2.05, 4.69) is 6.92 Å². The molecule has 0 heterocycles. The summed E-state index contributed by atoms with van der Waals surface area (Å²) >= 11 is 11.3. The van der Waals surface area contributed by atoms with Gasteiger partial charge < -0.3 is 9.47 Å². The van der Waals surface area contributed by atoms with Gasteiger partial charge in [0.2, 0.25) is 0 Å². The highest BCUT2D eigenvalue weighted by Gasteiger charge is 2.06. The third-order valence-electron chi connectivity index (χ3n) is 2.35. The van der Waals surface area contributed by atoms with Crippen LogP contribution in [0.3, 0.4) is 0 Å². The largest absolute Gasteiger partial charge is 0.378 e. The summed E-state index contributed by atoms with van der Waals surface area (Å²) in [5.74, 6) is 1.11. The molecule has 0 aliphatic rings. The van der Waals surface area contributed by atoms with E-state index >= 15 is 0 Å². The summed E-state index contributed by atoms with van der Waals surface area (Å²) in [6.07, 6.45) is 6.27. The van der Waals surface area contributed by atoms with Crippen molar-refractivity contribution in [3.05, 3.63) is 0 Å². The third-order valence-corrected chi connectivity index (χ3v) is 2.85. The van der Waals surface area contributed by atoms with Crippen molar-refractivity contribution in [2.75, 3.05) is 31.6 Å². The van der Waals surface area contributed by atoms with Crippen LogP contribution in [0.2, 0.25) is 0 Å². The van der Waals surface area contributed by atoms with E-state index in [0.29, 0.717) is 31.6 Å². The fourth-order valence-electron chi connectivity index (χ4n) is 1.43. The molecule has 4 heteroatoms. The molecule has 16 heavy (non-hydrogen) atoms. The summed E-state index contributed by atoms with van der Waals surface area (Å²) < 4.78 is 10.8. The highest BCUT2D eigenvalue weighted by molar-refractivity contribution is 6.18. The second-order valence-electron chi connectivity index (χ2n) is 3.80. The molecule has 0 saturated carbocycles. The Balaban J connectivity index is 3.29. The maximum Gasteiger partial charge on any atom is 0.0711 e. The lowest BCUT2D eigenvalue weighted by Crippen LogP contribution is -2.18. The number of unbranched alkanes of at least 4 members (excludes halogenated alkanes) is 3. The lowest BCUT2D eigenvalue weighted by atomic mass is 10.1. The highest BCUT2D eigenvalue weighted by Crippen LogP contribution is 2.09. The van der Waals surface area contributed by atoms with Gasteiger partial charge in [0.25, 0.3) is 0 Å². The van der Waals surface area contributed by atoms with Gasteiger partial charge in [0.15, 0.2) is 0 Å². The smallest absolute Gasteiger partial charge is 0.0711 e. The summed E-state index contributed by atoms with van der Waals surface area (Å²) in [7, 11) is 0. The number of ether oxygens (including phenoxy) is 2. The molecule has 0 spiro atoms. The topological polar surface area (TPSA) is 18.5 Å². The lowest BCUT2D eigenvalue weighted by Gasteiger charge is -2.15. The zero-order valence-electron chi connectivity index (χ0n) is 10.2. The normalized spacial score (nSPS) is 12.9. The van der Waals surface area contributed by atoms with Crippen LogP contribution in [0.1, 0.15) is 39.0 Å². The quantitative estimate of drug-likeness (QED) is 0.396. The Bertz CT molecular complexity index is 134. The van der Waals surface area contributed by atoms with Crippen LogP contribution in [-0.4, -0.2) is 37.7 Å². The summed E-state index contributed by atoms with van der Waals surface area (Å²) in [5.41, 5.74) is 0. The van der Waals surface area contributed by atoms with Crippen LogP contribution in [0.4, 0.5) is 0 Å². The Kier molecular flexibility index (Phi) is 14.0. The van der Waals surface area contributed by atoms with E-state index in [4.69, 9.17) is 32.7 Å². The van der Waals surface area contributed by atoms with Crippen LogP contribution >= 0.6 is 23.2 Å². The zero-order valence-corrected chi connectivity index (χ0v) is 11.7. The molecule has 0 aromatic rings. The minimum Gasteiger partial charge on any atom is -0.378 e. The van der Waals surface area contributed by atoms with Crippen molar-refractivity contribution < 1.29 is 9.47 Å². The Labute approximate surface area is 110 Å². The van der Waals surface area contributed by atoms with Gasteiger partial charge in [-0.1, -0.05) is 32.6 Å². The Morgan fingerprint density at radius 3 is 2.44 bits per heavy atom. The van der Waals surface area contributed by atoms with E-state index in [1.165, 1.54) is 25.7 Å². The second kappa shape index (κ2) is 13.6. The van der Waals surface area contributed by atoms with Gasteiger partial charge in [-0.3, -0.25) is 0 Å². The van der Waals surface area contributed by atoms with Gasteiger partial charge in [-0.15, -0.1) is 23.2 Å². The zero-order chi connectivity index (χ0) is 12.1. The molecule has 0 bridgehead atoms. The Hall–Kier alpha value is 0.500. The molecule has 1 atom stereocenters. The van der Waals surface area contributed by atoms with Crippen molar-refractivity contribution in [2.45, 2.75) is 45.1 Å². The predicted octanol–water partition coefficient (Wildman–Crippen LogP) is 3.84. The fraction of sp³-hybridized carbons (Fsp3) is 1.00. The minimum atomic E-state index is 0.179. The first-order chi connectivity index (χ1) is 7.85. The molecule has 0 aromatic carbocycles. The lowest BCUT2D eigenvalue weighted by molar-refractivity contribution is 0.0131. The van der Waals surface area contributed by atoms with Gasteiger partial charge in [0.1, 0.15) is 0 Å². The number of halogens is 2. The monoisotopic (exact) mass is 270 g/mol. The van der Waals surface area contributed by atoms with Crippen molar-refractivity contribution in [3.8, 4) is 0 Å². The summed E-state index contributed by atoms with van der Waals surface area (Å²) in [6.45, 7) is 4.02. The van der Waals surface area contributed by atoms with Crippen LogP contribution in [0.25, 0.3) is 0 Å².